The number of carbonyl (C=O) groups is 1. The molecule has 2 heterocycles. The Morgan fingerprint density at radius 2 is 1.73 bits per heavy atom. The fourth-order valence-electron chi connectivity index (χ4n) is 6.13. The summed E-state index contributed by atoms with van der Waals surface area (Å²) in [5, 5.41) is 12.2. The number of methoxy groups -OCH3 is 1. The molecule has 3 aromatic rings. The summed E-state index contributed by atoms with van der Waals surface area (Å²) < 4.78 is 16.9. The molecule has 0 aliphatic carbocycles. The maximum atomic E-state index is 12.1. The zero-order valence-corrected chi connectivity index (χ0v) is 27.2. The number of hydrogen-bond donors (Lipinski definition) is 2. The summed E-state index contributed by atoms with van der Waals surface area (Å²) in [5.41, 5.74) is 5.67. The van der Waals surface area contributed by atoms with Crippen LogP contribution in [-0.4, -0.2) is 58.7 Å². The third-order valence-electron chi connectivity index (χ3n) is 8.60. The molecule has 5 atom stereocenters. The lowest BCUT2D eigenvalue weighted by Gasteiger charge is -2.43. The Kier molecular flexibility index (Phi) is 11.3. The van der Waals surface area contributed by atoms with E-state index in [9.17, 15) is 9.90 Å². The van der Waals surface area contributed by atoms with Gasteiger partial charge in [-0.15, -0.1) is 0 Å². The highest BCUT2D eigenvalue weighted by atomic mass is 35.6. The van der Waals surface area contributed by atoms with Gasteiger partial charge in [-0.2, -0.15) is 0 Å². The number of nitrogens with zero attached hydrogens (tertiary/aromatic N) is 1. The molecule has 0 bridgehead atoms. The minimum Gasteiger partial charge on any atom is -0.392 e. The number of alkyl halides is 3. The van der Waals surface area contributed by atoms with Crippen molar-refractivity contribution in [1.29, 1.82) is 0 Å². The third kappa shape index (κ3) is 7.95. The Morgan fingerprint density at radius 1 is 1.02 bits per heavy atom. The van der Waals surface area contributed by atoms with Crippen molar-refractivity contribution in [3.8, 4) is 11.1 Å². The lowest BCUT2D eigenvalue weighted by molar-refractivity contribution is -0.276. The van der Waals surface area contributed by atoms with Crippen molar-refractivity contribution in [1.82, 2.24) is 10.2 Å². The average molecular weight is 662 g/mol. The largest absolute Gasteiger partial charge is 0.392 e. The first-order chi connectivity index (χ1) is 21.2. The second kappa shape index (κ2) is 14.9. The molecule has 0 saturated carbocycles. The van der Waals surface area contributed by atoms with E-state index in [-0.39, 0.29) is 31.3 Å². The fraction of sp³-hybridized carbons (Fsp3) is 0.441. The van der Waals surface area contributed by atoms with Gasteiger partial charge in [0.2, 0.25) is 0 Å². The number of aliphatic hydroxyl groups is 1. The molecule has 5 rings (SSSR count). The predicted octanol–water partition coefficient (Wildman–Crippen LogP) is 6.73. The van der Waals surface area contributed by atoms with E-state index in [1.807, 2.05) is 72.8 Å². The standard InChI is InChI=1S/C34H39Cl3N2O5/c1-22-30(19-39-17-5-7-28(39)21-42-2)43-32(44-31(22)25-11-9-23(20-40)10-12-25)26-15-13-24(14-16-26)29-8-4-3-6-27(29)18-38-33(41)34(35,36)37/h3-4,6,8-16,22,28,30-32,40H,5,7,17-21H2,1-2H3,(H,38,41). The summed E-state index contributed by atoms with van der Waals surface area (Å²) >= 11 is 17.2. The summed E-state index contributed by atoms with van der Waals surface area (Å²) in [5.74, 6) is -0.574. The first kappa shape index (κ1) is 33.2. The molecule has 0 radical (unpaired) electrons. The van der Waals surface area contributed by atoms with Crippen molar-refractivity contribution in [3.05, 3.63) is 95.1 Å². The summed E-state index contributed by atoms with van der Waals surface area (Å²) in [6.07, 6.45) is 1.47. The van der Waals surface area contributed by atoms with Gasteiger partial charge in [-0.25, -0.2) is 0 Å². The minimum absolute atomic E-state index is 0.000317. The van der Waals surface area contributed by atoms with E-state index < -0.39 is 16.0 Å². The number of rotatable bonds is 10. The number of aliphatic hydroxyl groups excluding tert-OH is 1. The highest BCUT2D eigenvalue weighted by Gasteiger charge is 2.40. The predicted molar refractivity (Wildman–Crippen MR) is 173 cm³/mol. The van der Waals surface area contributed by atoms with Gasteiger partial charge < -0.3 is 24.6 Å². The Balaban J connectivity index is 1.38. The topological polar surface area (TPSA) is 80.3 Å². The zero-order chi connectivity index (χ0) is 31.3. The van der Waals surface area contributed by atoms with Gasteiger partial charge >= 0.3 is 0 Å². The van der Waals surface area contributed by atoms with Gasteiger partial charge in [-0.3, -0.25) is 9.69 Å². The maximum Gasteiger partial charge on any atom is 0.272 e. The molecule has 7 nitrogen and oxygen atoms in total. The highest BCUT2D eigenvalue weighted by Crippen LogP contribution is 2.42. The molecule has 2 fully saturated rings. The van der Waals surface area contributed by atoms with Crippen molar-refractivity contribution in [2.75, 3.05) is 26.8 Å². The van der Waals surface area contributed by atoms with Crippen LogP contribution in [0, 0.1) is 5.92 Å². The quantitative estimate of drug-likeness (QED) is 0.235. The van der Waals surface area contributed by atoms with Gasteiger partial charge in [0.05, 0.1) is 25.4 Å². The average Bonchev–Trinajstić information content (AvgIpc) is 3.47. The van der Waals surface area contributed by atoms with Crippen LogP contribution in [0.2, 0.25) is 0 Å². The number of likely N-dealkylation sites (tertiary alicyclic amines) is 1. The molecule has 236 valence electrons. The molecule has 3 aromatic carbocycles. The molecule has 10 heteroatoms. The van der Waals surface area contributed by atoms with Gasteiger partial charge in [-0.05, 0) is 47.2 Å². The number of ether oxygens (including phenoxy) is 3. The van der Waals surface area contributed by atoms with E-state index in [0.717, 1.165) is 59.3 Å². The molecule has 1 amide bonds. The first-order valence-corrected chi connectivity index (χ1v) is 16.1. The van der Waals surface area contributed by atoms with Crippen LogP contribution < -0.4 is 5.32 Å². The van der Waals surface area contributed by atoms with Crippen LogP contribution in [0.25, 0.3) is 11.1 Å². The fourth-order valence-corrected chi connectivity index (χ4v) is 6.33. The van der Waals surface area contributed by atoms with Gasteiger partial charge in [0.1, 0.15) is 0 Å². The van der Waals surface area contributed by atoms with Crippen molar-refractivity contribution in [2.24, 2.45) is 5.92 Å². The Bertz CT molecular complexity index is 1380. The molecular weight excluding hydrogens is 623 g/mol. The molecule has 0 spiro atoms. The molecule has 44 heavy (non-hydrogen) atoms. The summed E-state index contributed by atoms with van der Waals surface area (Å²) in [7, 11) is 1.76. The smallest absolute Gasteiger partial charge is 0.272 e. The number of hydrogen-bond acceptors (Lipinski definition) is 6. The van der Waals surface area contributed by atoms with E-state index in [1.165, 1.54) is 0 Å². The van der Waals surface area contributed by atoms with E-state index in [4.69, 9.17) is 49.0 Å². The van der Waals surface area contributed by atoms with Crippen molar-refractivity contribution < 1.29 is 24.1 Å². The SMILES string of the molecule is COCC1CCCN1CC1OC(c2ccc(-c3ccccc3CNC(=O)C(Cl)(Cl)Cl)cc2)OC(c2ccc(CO)cc2)C1C. The third-order valence-corrected chi connectivity index (χ3v) is 9.12. The Morgan fingerprint density at radius 3 is 2.41 bits per heavy atom. The maximum absolute atomic E-state index is 12.1. The van der Waals surface area contributed by atoms with Gasteiger partial charge in [-0.1, -0.05) is 115 Å². The number of carbonyl (C=O) groups excluding carboxylic acids is 1. The van der Waals surface area contributed by atoms with Crippen LogP contribution in [0.5, 0.6) is 0 Å². The number of nitrogens with one attached hydrogen (secondary N) is 1. The van der Waals surface area contributed by atoms with Crippen LogP contribution in [0.3, 0.4) is 0 Å². The Hall–Kier alpha value is -2.20. The van der Waals surface area contributed by atoms with Gasteiger partial charge in [0.15, 0.2) is 6.29 Å². The molecule has 2 N–H and O–H groups in total. The van der Waals surface area contributed by atoms with Crippen LogP contribution >= 0.6 is 34.8 Å². The van der Waals surface area contributed by atoms with Crippen LogP contribution in [0.15, 0.2) is 72.8 Å². The van der Waals surface area contributed by atoms with Crippen molar-refractivity contribution >= 4 is 40.7 Å². The van der Waals surface area contributed by atoms with Crippen molar-refractivity contribution in [2.45, 2.75) is 61.2 Å². The van der Waals surface area contributed by atoms with E-state index in [1.54, 1.807) is 7.11 Å². The van der Waals surface area contributed by atoms with E-state index in [0.29, 0.717) is 12.6 Å². The van der Waals surface area contributed by atoms with Crippen LogP contribution in [-0.2, 0) is 32.2 Å². The lowest BCUT2D eigenvalue weighted by Crippen LogP contribution is -2.46. The van der Waals surface area contributed by atoms with Gasteiger partial charge in [0, 0.05) is 37.7 Å². The second-order valence-electron chi connectivity index (χ2n) is 11.5. The molecular formula is C34H39Cl3N2O5. The van der Waals surface area contributed by atoms with Crippen LogP contribution in [0.4, 0.5) is 0 Å². The van der Waals surface area contributed by atoms with E-state index in [2.05, 4.69) is 17.1 Å². The highest BCUT2D eigenvalue weighted by molar-refractivity contribution is 6.76. The van der Waals surface area contributed by atoms with Crippen molar-refractivity contribution in [3.63, 3.8) is 0 Å². The zero-order valence-electron chi connectivity index (χ0n) is 24.9. The summed E-state index contributed by atoms with van der Waals surface area (Å²) in [4.78, 5) is 14.6. The summed E-state index contributed by atoms with van der Waals surface area (Å²) in [6, 6.07) is 24.3. The molecule has 0 aromatic heterocycles. The summed E-state index contributed by atoms with van der Waals surface area (Å²) in [6.45, 7) is 4.94. The number of amides is 1. The number of halogens is 3. The minimum atomic E-state index is -2.02. The van der Waals surface area contributed by atoms with Gasteiger partial charge in [0.25, 0.3) is 9.70 Å². The number of benzene rings is 3. The first-order valence-electron chi connectivity index (χ1n) is 14.9. The molecule has 5 unspecified atom stereocenters. The lowest BCUT2D eigenvalue weighted by atomic mass is 9.89. The molecule has 2 saturated heterocycles. The van der Waals surface area contributed by atoms with Crippen LogP contribution in [0.1, 0.15) is 54.4 Å². The Labute approximate surface area is 274 Å². The monoisotopic (exact) mass is 660 g/mol. The second-order valence-corrected chi connectivity index (χ2v) is 13.8. The van der Waals surface area contributed by atoms with E-state index >= 15 is 0 Å². The molecule has 2 aliphatic rings. The normalized spacial score (nSPS) is 24.4. The molecule has 2 aliphatic heterocycles.